The molecule has 0 aliphatic carbocycles. The Morgan fingerprint density at radius 1 is 0.962 bits per heavy atom. The van der Waals surface area contributed by atoms with Crippen LogP contribution in [0.2, 0.25) is 0 Å². The van der Waals surface area contributed by atoms with Gasteiger partial charge < -0.3 is 4.74 Å². The fourth-order valence-corrected chi connectivity index (χ4v) is 3.29. The number of carbonyl (C=O) groups excluding carboxylic acids is 3. The Labute approximate surface area is 157 Å². The normalized spacial score (nSPS) is 10.3. The molecule has 0 radical (unpaired) electrons. The number of nitrogens with zero attached hydrogens (tertiary/aromatic N) is 1. The molecule has 0 fully saturated rings. The maximum Gasteiger partial charge on any atom is 0.325 e. The first kappa shape index (κ1) is 19.7. The minimum atomic E-state index is -0.514. The molecule has 0 aliphatic heterocycles. The van der Waals surface area contributed by atoms with Gasteiger partial charge in [-0.3, -0.25) is 19.3 Å². The van der Waals surface area contributed by atoms with Gasteiger partial charge in [0.25, 0.3) is 0 Å². The summed E-state index contributed by atoms with van der Waals surface area (Å²) in [5.41, 5.74) is 2.97. The van der Waals surface area contributed by atoms with E-state index in [9.17, 15) is 14.4 Å². The van der Waals surface area contributed by atoms with Crippen LogP contribution in [0.15, 0.2) is 48.5 Å². The van der Waals surface area contributed by atoms with Crippen LogP contribution in [0.5, 0.6) is 0 Å². The SMILES string of the molecule is COC(=O)CN(C(=O)CSC(=O)c1ccccc1)c1c(C)cccc1C. The molecule has 26 heavy (non-hydrogen) atoms. The fourth-order valence-electron chi connectivity index (χ4n) is 2.58. The van der Waals surface area contributed by atoms with Gasteiger partial charge in [-0.1, -0.05) is 60.3 Å². The number of anilines is 1. The van der Waals surface area contributed by atoms with Gasteiger partial charge in [-0.05, 0) is 25.0 Å². The number of amides is 1. The number of ether oxygens (including phenoxy) is 1. The molecule has 0 saturated carbocycles. The first-order chi connectivity index (χ1) is 12.4. The van der Waals surface area contributed by atoms with E-state index in [0.717, 1.165) is 22.9 Å². The van der Waals surface area contributed by atoms with E-state index in [4.69, 9.17) is 4.74 Å². The van der Waals surface area contributed by atoms with Crippen LogP contribution in [0.1, 0.15) is 21.5 Å². The van der Waals surface area contributed by atoms with Crippen LogP contribution in [0.25, 0.3) is 0 Å². The molecule has 1 amide bonds. The number of aryl methyl sites for hydroxylation is 2. The second kappa shape index (κ2) is 9.20. The molecule has 0 heterocycles. The van der Waals surface area contributed by atoms with E-state index < -0.39 is 5.97 Å². The summed E-state index contributed by atoms with van der Waals surface area (Å²) in [5, 5.41) is -0.182. The highest BCUT2D eigenvalue weighted by Gasteiger charge is 2.23. The standard InChI is InChI=1S/C20H21NO4S/c1-14-8-7-9-15(2)19(14)21(12-18(23)25-3)17(22)13-26-20(24)16-10-5-4-6-11-16/h4-11H,12-13H2,1-3H3. The third kappa shape index (κ3) is 4.95. The third-order valence-electron chi connectivity index (χ3n) is 3.86. The number of hydrogen-bond donors (Lipinski definition) is 0. The van der Waals surface area contributed by atoms with E-state index in [1.165, 1.54) is 12.0 Å². The number of methoxy groups -OCH3 is 1. The number of esters is 1. The molecule has 0 atom stereocenters. The van der Waals surface area contributed by atoms with Gasteiger partial charge in [0.05, 0.1) is 18.6 Å². The highest BCUT2D eigenvalue weighted by Crippen LogP contribution is 2.26. The summed E-state index contributed by atoms with van der Waals surface area (Å²) < 4.78 is 4.72. The average Bonchev–Trinajstić information content (AvgIpc) is 2.65. The molecule has 0 saturated heterocycles. The van der Waals surface area contributed by atoms with Crippen molar-refractivity contribution in [3.63, 3.8) is 0 Å². The molecular formula is C20H21NO4S. The summed E-state index contributed by atoms with van der Waals surface area (Å²) >= 11 is 0.925. The van der Waals surface area contributed by atoms with Gasteiger partial charge in [0.1, 0.15) is 6.54 Å². The summed E-state index contributed by atoms with van der Waals surface area (Å²) in [6, 6.07) is 14.4. The summed E-state index contributed by atoms with van der Waals surface area (Å²) in [5.74, 6) is -0.888. The summed E-state index contributed by atoms with van der Waals surface area (Å²) in [6.45, 7) is 3.56. The van der Waals surface area contributed by atoms with Gasteiger partial charge in [0, 0.05) is 5.56 Å². The van der Waals surface area contributed by atoms with Crippen molar-refractivity contribution in [3.05, 3.63) is 65.2 Å². The van der Waals surface area contributed by atoms with Gasteiger partial charge >= 0.3 is 5.97 Å². The quantitative estimate of drug-likeness (QED) is 0.729. The van der Waals surface area contributed by atoms with E-state index in [1.54, 1.807) is 24.3 Å². The Hall–Kier alpha value is -2.60. The lowest BCUT2D eigenvalue weighted by atomic mass is 10.1. The average molecular weight is 371 g/mol. The van der Waals surface area contributed by atoms with E-state index in [0.29, 0.717) is 11.3 Å². The third-order valence-corrected chi connectivity index (χ3v) is 4.75. The van der Waals surface area contributed by atoms with Gasteiger partial charge in [0.15, 0.2) is 0 Å². The molecule has 0 bridgehead atoms. The maximum absolute atomic E-state index is 12.8. The first-order valence-electron chi connectivity index (χ1n) is 8.09. The molecule has 2 rings (SSSR count). The minimum absolute atomic E-state index is 0.0570. The van der Waals surface area contributed by atoms with E-state index in [1.807, 2.05) is 38.1 Å². The Bertz CT molecular complexity index is 784. The van der Waals surface area contributed by atoms with Crippen molar-refractivity contribution in [1.29, 1.82) is 0 Å². The first-order valence-corrected chi connectivity index (χ1v) is 9.08. The van der Waals surface area contributed by atoms with E-state index >= 15 is 0 Å². The fraction of sp³-hybridized carbons (Fsp3) is 0.250. The monoisotopic (exact) mass is 371 g/mol. The van der Waals surface area contributed by atoms with Gasteiger partial charge in [-0.2, -0.15) is 0 Å². The molecule has 0 unspecified atom stereocenters. The maximum atomic E-state index is 12.8. The van der Waals surface area contributed by atoms with Gasteiger partial charge in [-0.15, -0.1) is 0 Å². The number of rotatable bonds is 6. The number of carbonyl (C=O) groups is 3. The molecule has 0 aromatic heterocycles. The number of benzene rings is 2. The predicted molar refractivity (Wildman–Crippen MR) is 104 cm³/mol. The minimum Gasteiger partial charge on any atom is -0.468 e. The number of para-hydroxylation sites is 1. The van der Waals surface area contributed by atoms with Crippen LogP contribution in [0.4, 0.5) is 5.69 Å². The van der Waals surface area contributed by atoms with Crippen LogP contribution < -0.4 is 4.90 Å². The van der Waals surface area contributed by atoms with Crippen molar-refractivity contribution in [2.45, 2.75) is 13.8 Å². The molecule has 2 aromatic rings. The second-order valence-corrected chi connectivity index (χ2v) is 6.69. The van der Waals surface area contributed by atoms with Crippen molar-refractivity contribution in [3.8, 4) is 0 Å². The summed E-state index contributed by atoms with van der Waals surface area (Å²) in [6.07, 6.45) is 0. The van der Waals surface area contributed by atoms with E-state index in [-0.39, 0.29) is 23.3 Å². The number of hydrogen-bond acceptors (Lipinski definition) is 5. The zero-order chi connectivity index (χ0) is 19.1. The lowest BCUT2D eigenvalue weighted by Gasteiger charge is -2.25. The highest BCUT2D eigenvalue weighted by molar-refractivity contribution is 8.14. The largest absolute Gasteiger partial charge is 0.468 e. The molecule has 6 heteroatoms. The van der Waals surface area contributed by atoms with Crippen molar-refractivity contribution in [1.82, 2.24) is 0 Å². The van der Waals surface area contributed by atoms with Crippen LogP contribution in [0.3, 0.4) is 0 Å². The van der Waals surface area contributed by atoms with Crippen LogP contribution in [-0.2, 0) is 14.3 Å². The van der Waals surface area contributed by atoms with E-state index in [2.05, 4.69) is 0 Å². The molecule has 0 aliphatic rings. The van der Waals surface area contributed by atoms with Crippen molar-refractivity contribution in [2.24, 2.45) is 0 Å². The van der Waals surface area contributed by atoms with Gasteiger partial charge in [0.2, 0.25) is 11.0 Å². The zero-order valence-electron chi connectivity index (χ0n) is 15.0. The van der Waals surface area contributed by atoms with Crippen LogP contribution >= 0.6 is 11.8 Å². The Balaban J connectivity index is 2.18. The topological polar surface area (TPSA) is 63.7 Å². The zero-order valence-corrected chi connectivity index (χ0v) is 15.8. The lowest BCUT2D eigenvalue weighted by molar-refractivity contribution is -0.139. The second-order valence-electron chi connectivity index (χ2n) is 5.74. The van der Waals surface area contributed by atoms with Crippen LogP contribution in [0, 0.1) is 13.8 Å². The Kier molecular flexibility index (Phi) is 6.97. The Morgan fingerprint density at radius 2 is 1.58 bits per heavy atom. The molecule has 136 valence electrons. The predicted octanol–water partition coefficient (Wildman–Crippen LogP) is 3.38. The van der Waals surface area contributed by atoms with Crippen molar-refractivity contribution >= 4 is 34.4 Å². The van der Waals surface area contributed by atoms with Crippen molar-refractivity contribution in [2.75, 3.05) is 24.3 Å². The smallest absolute Gasteiger partial charge is 0.325 e. The molecular weight excluding hydrogens is 350 g/mol. The van der Waals surface area contributed by atoms with Crippen LogP contribution in [-0.4, -0.2) is 36.4 Å². The molecule has 2 aromatic carbocycles. The van der Waals surface area contributed by atoms with Gasteiger partial charge in [-0.25, -0.2) is 0 Å². The molecule has 5 nitrogen and oxygen atoms in total. The molecule has 0 spiro atoms. The Morgan fingerprint density at radius 3 is 2.15 bits per heavy atom. The summed E-state index contributed by atoms with van der Waals surface area (Å²) in [7, 11) is 1.28. The van der Waals surface area contributed by atoms with Crippen molar-refractivity contribution < 1.29 is 19.1 Å². The lowest BCUT2D eigenvalue weighted by Crippen LogP contribution is -2.38. The summed E-state index contributed by atoms with van der Waals surface area (Å²) in [4.78, 5) is 38.2. The number of thioether (sulfide) groups is 1. The molecule has 0 N–H and O–H groups in total. The highest BCUT2D eigenvalue weighted by atomic mass is 32.2.